The zero-order chi connectivity index (χ0) is 43.7. The van der Waals surface area contributed by atoms with Crippen LogP contribution in [0.3, 0.4) is 0 Å². The van der Waals surface area contributed by atoms with Crippen molar-refractivity contribution >= 4 is 73.3 Å². The Labute approximate surface area is 377 Å². The molecule has 0 radical (unpaired) electrons. The molecule has 8 aromatic carbocycles. The summed E-state index contributed by atoms with van der Waals surface area (Å²) in [7, 11) is 0.774. The van der Waals surface area contributed by atoms with Gasteiger partial charge >= 0.3 is 0 Å². The fourth-order valence-corrected chi connectivity index (χ4v) is 11.2. The van der Waals surface area contributed by atoms with E-state index >= 15 is 0 Å². The highest BCUT2D eigenvalue weighted by atomic mass is 16.3. The largest absolute Gasteiger partial charge is 0.456 e. The minimum absolute atomic E-state index is 0.0460. The summed E-state index contributed by atoms with van der Waals surface area (Å²) in [4.78, 5) is 0. The first-order valence-corrected chi connectivity index (χ1v) is 23.1. The van der Waals surface area contributed by atoms with E-state index in [-0.39, 0.29) is 16.2 Å². The number of nitrogens with zero attached hydrogens (tertiary/aromatic N) is 1. The summed E-state index contributed by atoms with van der Waals surface area (Å²) in [6, 6.07) is 58.8. The molecule has 1 aliphatic carbocycles. The van der Waals surface area contributed by atoms with Crippen molar-refractivity contribution in [2.24, 2.45) is 0 Å². The standard InChI is InChI=1S/C60H53BN2O/c1-58(2,3)37-25-27-38(28-26-37)62-50-23-15-13-21-41(50)45-31-44(40-20-12-11-19-39(40)36-17-9-8-10-18-36)55-46-32-47-48(60(6,7)30-29-59(47,4)5)34-51(46)63-52-33-43-42-22-14-16-24-53(42)64-54(43)35-49(52)61-56(45)57(55)63/h8-28,31-35,61-62H,29-30H2,1-7H3. The van der Waals surface area contributed by atoms with E-state index in [0.717, 1.165) is 53.4 Å². The molecular weight excluding hydrogens is 775 g/mol. The van der Waals surface area contributed by atoms with Gasteiger partial charge in [-0.2, -0.15) is 0 Å². The average molecular weight is 829 g/mol. The molecule has 0 atom stereocenters. The summed E-state index contributed by atoms with van der Waals surface area (Å²) in [5.74, 6) is 0. The third-order valence-electron chi connectivity index (χ3n) is 14.8. The lowest BCUT2D eigenvalue weighted by molar-refractivity contribution is 0.332. The highest BCUT2D eigenvalue weighted by Crippen LogP contribution is 2.51. The van der Waals surface area contributed by atoms with E-state index in [2.05, 4.69) is 216 Å². The van der Waals surface area contributed by atoms with Crippen LogP contribution >= 0.6 is 0 Å². The summed E-state index contributed by atoms with van der Waals surface area (Å²) in [5, 5.41) is 8.85. The van der Waals surface area contributed by atoms with Crippen LogP contribution in [0, 0.1) is 0 Å². The molecule has 3 nitrogen and oxygen atoms in total. The Morgan fingerprint density at radius 3 is 1.97 bits per heavy atom. The van der Waals surface area contributed by atoms with Crippen molar-refractivity contribution in [1.29, 1.82) is 0 Å². The fourth-order valence-electron chi connectivity index (χ4n) is 11.2. The number of benzene rings is 8. The molecule has 4 heteroatoms. The van der Waals surface area contributed by atoms with Gasteiger partial charge < -0.3 is 14.3 Å². The van der Waals surface area contributed by atoms with Crippen molar-refractivity contribution in [3.63, 3.8) is 0 Å². The van der Waals surface area contributed by atoms with E-state index in [1.54, 1.807) is 0 Å². The van der Waals surface area contributed by atoms with E-state index in [1.807, 2.05) is 0 Å². The number of fused-ring (bicyclic) bond motifs is 9. The molecule has 12 rings (SSSR count). The van der Waals surface area contributed by atoms with Crippen LogP contribution in [0.1, 0.15) is 78.0 Å². The van der Waals surface area contributed by atoms with Crippen LogP contribution in [0.5, 0.6) is 0 Å². The molecule has 0 spiro atoms. The van der Waals surface area contributed by atoms with Gasteiger partial charge in [0.15, 0.2) is 7.28 Å². The maximum absolute atomic E-state index is 6.62. The lowest BCUT2D eigenvalue weighted by Gasteiger charge is -2.42. The van der Waals surface area contributed by atoms with Gasteiger partial charge in [-0.15, -0.1) is 0 Å². The van der Waals surface area contributed by atoms with Gasteiger partial charge in [0.2, 0.25) is 0 Å². The number of aromatic nitrogens is 1. The van der Waals surface area contributed by atoms with Crippen molar-refractivity contribution in [2.45, 2.75) is 77.6 Å². The zero-order valence-electron chi connectivity index (χ0n) is 38.0. The van der Waals surface area contributed by atoms with Gasteiger partial charge in [-0.05, 0) is 134 Å². The second kappa shape index (κ2) is 13.9. The molecule has 2 aliphatic rings. The number of furan rings is 1. The molecular formula is C60H53BN2O. The number of hydrogen-bond donors (Lipinski definition) is 1. The minimum Gasteiger partial charge on any atom is -0.456 e. The first kappa shape index (κ1) is 38.9. The van der Waals surface area contributed by atoms with Gasteiger partial charge in [0.25, 0.3) is 0 Å². The predicted octanol–water partition coefficient (Wildman–Crippen LogP) is 14.8. The Balaban J connectivity index is 1.23. The van der Waals surface area contributed by atoms with E-state index in [0.29, 0.717) is 0 Å². The molecule has 1 aliphatic heterocycles. The van der Waals surface area contributed by atoms with Gasteiger partial charge in [-0.1, -0.05) is 157 Å². The smallest absolute Gasteiger partial charge is 0.198 e. The van der Waals surface area contributed by atoms with Crippen molar-refractivity contribution in [3.05, 3.63) is 174 Å². The van der Waals surface area contributed by atoms with Gasteiger partial charge in [0.05, 0.1) is 5.52 Å². The molecule has 0 unspecified atom stereocenters. The Bertz CT molecular complexity index is 3520. The van der Waals surface area contributed by atoms with Crippen LogP contribution < -0.4 is 16.2 Å². The van der Waals surface area contributed by atoms with Crippen LogP contribution in [0.2, 0.25) is 0 Å². The lowest BCUT2D eigenvalue weighted by atomic mass is 9.58. The van der Waals surface area contributed by atoms with Crippen LogP contribution in [-0.2, 0) is 16.2 Å². The number of nitrogens with one attached hydrogen (secondary N) is 1. The first-order chi connectivity index (χ1) is 30.8. The molecule has 0 saturated heterocycles. The van der Waals surface area contributed by atoms with Gasteiger partial charge in [0.1, 0.15) is 11.2 Å². The van der Waals surface area contributed by atoms with Crippen LogP contribution in [0.15, 0.2) is 162 Å². The van der Waals surface area contributed by atoms with Gasteiger partial charge in [-0.3, -0.25) is 0 Å². The number of anilines is 2. The molecule has 0 bridgehead atoms. The molecule has 10 aromatic rings. The van der Waals surface area contributed by atoms with Crippen LogP contribution in [-0.4, -0.2) is 11.8 Å². The number of rotatable bonds is 5. The Kier molecular flexibility index (Phi) is 8.42. The minimum atomic E-state index is 0.0460. The fraction of sp³-hybridized carbons (Fsp3) is 0.200. The predicted molar refractivity (Wildman–Crippen MR) is 274 cm³/mol. The molecule has 312 valence electrons. The molecule has 64 heavy (non-hydrogen) atoms. The lowest BCUT2D eigenvalue weighted by Crippen LogP contribution is -2.37. The molecule has 0 amide bonds. The maximum atomic E-state index is 6.62. The van der Waals surface area contributed by atoms with E-state index in [9.17, 15) is 0 Å². The van der Waals surface area contributed by atoms with E-state index < -0.39 is 0 Å². The molecule has 0 fully saturated rings. The average Bonchev–Trinajstić information content (AvgIpc) is 3.83. The summed E-state index contributed by atoms with van der Waals surface area (Å²) < 4.78 is 9.27. The topological polar surface area (TPSA) is 30.1 Å². The monoisotopic (exact) mass is 828 g/mol. The second-order valence-corrected chi connectivity index (χ2v) is 20.9. The summed E-state index contributed by atoms with van der Waals surface area (Å²) in [5.41, 5.74) is 22.3. The molecule has 1 N–H and O–H groups in total. The maximum Gasteiger partial charge on any atom is 0.198 e. The second-order valence-electron chi connectivity index (χ2n) is 20.9. The molecule has 0 saturated carbocycles. The first-order valence-electron chi connectivity index (χ1n) is 23.1. The molecule has 2 aromatic heterocycles. The summed E-state index contributed by atoms with van der Waals surface area (Å²) in [6.07, 6.45) is 2.32. The third-order valence-corrected chi connectivity index (χ3v) is 14.8. The van der Waals surface area contributed by atoms with Gasteiger partial charge in [0, 0.05) is 49.7 Å². The van der Waals surface area contributed by atoms with Crippen molar-refractivity contribution in [1.82, 2.24) is 4.57 Å². The highest BCUT2D eigenvalue weighted by Gasteiger charge is 2.39. The highest BCUT2D eigenvalue weighted by molar-refractivity contribution is 6.74. The van der Waals surface area contributed by atoms with Crippen LogP contribution in [0.25, 0.3) is 82.8 Å². The Hall–Kier alpha value is -6.78. The normalized spacial score (nSPS) is 15.0. The van der Waals surface area contributed by atoms with E-state index in [4.69, 9.17) is 4.42 Å². The summed E-state index contributed by atoms with van der Waals surface area (Å²) in [6.45, 7) is 16.6. The zero-order valence-corrected chi connectivity index (χ0v) is 38.0. The quantitative estimate of drug-likeness (QED) is 0.175. The Morgan fingerprint density at radius 2 is 1.22 bits per heavy atom. The van der Waals surface area contributed by atoms with Gasteiger partial charge in [-0.25, -0.2) is 0 Å². The summed E-state index contributed by atoms with van der Waals surface area (Å²) >= 11 is 0. The Morgan fingerprint density at radius 1 is 0.562 bits per heavy atom. The SMILES string of the molecule is CC(C)(C)c1ccc(Nc2ccccc2-c2cc(-c3ccccc3-c3ccccc3)c3c4cc5c(cc4n4c3c2Bc2cc3oc6ccccc6c3cc2-4)C(C)(C)CCC5(C)C)cc1. The van der Waals surface area contributed by atoms with Crippen molar-refractivity contribution in [2.75, 3.05) is 5.32 Å². The third kappa shape index (κ3) is 5.95. The number of hydrogen-bond acceptors (Lipinski definition) is 2. The van der Waals surface area contributed by atoms with Crippen LogP contribution in [0.4, 0.5) is 11.4 Å². The van der Waals surface area contributed by atoms with E-state index in [1.165, 1.54) is 88.5 Å². The number of para-hydroxylation sites is 2. The molecule has 3 heterocycles. The van der Waals surface area contributed by atoms with Crippen molar-refractivity contribution < 1.29 is 4.42 Å². The van der Waals surface area contributed by atoms with Crippen molar-refractivity contribution in [3.8, 4) is 39.1 Å².